The summed E-state index contributed by atoms with van der Waals surface area (Å²) in [4.78, 5) is 15.8. The second-order valence-electron chi connectivity index (χ2n) is 9.54. The molecule has 1 amide bonds. The summed E-state index contributed by atoms with van der Waals surface area (Å²) >= 11 is 6.19. The minimum absolute atomic E-state index is 0.140. The van der Waals surface area contributed by atoms with Crippen molar-refractivity contribution in [2.75, 3.05) is 23.9 Å². The molecule has 3 aromatic carbocycles. The third-order valence-electron chi connectivity index (χ3n) is 6.86. The van der Waals surface area contributed by atoms with Gasteiger partial charge in [0.15, 0.2) is 6.10 Å². The number of hydrogen-bond donors (Lipinski definition) is 1. The first-order valence-corrected chi connectivity index (χ1v) is 14.3. The molecule has 0 aliphatic carbocycles. The third kappa shape index (κ3) is 5.61. The topological polar surface area (TPSA) is 79.0 Å². The highest BCUT2D eigenvalue weighted by Gasteiger charge is 2.37. The molecule has 1 fully saturated rings. The van der Waals surface area contributed by atoms with Crippen molar-refractivity contribution >= 4 is 33.2 Å². The predicted octanol–water partition coefficient (Wildman–Crippen LogP) is 4.52. The number of nitrogens with one attached hydrogen (secondary N) is 1. The van der Waals surface area contributed by atoms with E-state index in [1.807, 2.05) is 25.1 Å². The molecule has 0 bridgehead atoms. The number of nitrogens with zero attached hydrogens (tertiary/aromatic N) is 2. The molecule has 0 saturated carbocycles. The molecule has 2 aliphatic rings. The average molecular weight is 540 g/mol. The van der Waals surface area contributed by atoms with Gasteiger partial charge in [-0.15, -0.1) is 0 Å². The molecule has 37 heavy (non-hydrogen) atoms. The van der Waals surface area contributed by atoms with Crippen LogP contribution in [0.25, 0.3) is 0 Å². The lowest BCUT2D eigenvalue weighted by Gasteiger charge is -2.35. The lowest BCUT2D eigenvalue weighted by molar-refractivity contribution is -0.127. The molecule has 2 aliphatic heterocycles. The first kappa shape index (κ1) is 25.6. The van der Waals surface area contributed by atoms with Gasteiger partial charge in [-0.25, -0.2) is 8.42 Å². The first-order valence-electron chi connectivity index (χ1n) is 12.4. The Morgan fingerprint density at radius 2 is 1.73 bits per heavy atom. The zero-order valence-electron chi connectivity index (χ0n) is 20.7. The largest absolute Gasteiger partial charge is 0.476 e. The number of anilines is 1. The number of fused-ring (bicyclic) bond motifs is 1. The van der Waals surface area contributed by atoms with Crippen molar-refractivity contribution in [2.24, 2.45) is 0 Å². The van der Waals surface area contributed by atoms with Crippen LogP contribution in [-0.4, -0.2) is 45.0 Å². The quantitative estimate of drug-likeness (QED) is 0.478. The predicted molar refractivity (Wildman–Crippen MR) is 144 cm³/mol. The van der Waals surface area contributed by atoms with Crippen LogP contribution < -0.4 is 14.4 Å². The van der Waals surface area contributed by atoms with Gasteiger partial charge in [-0.3, -0.25) is 14.0 Å². The van der Waals surface area contributed by atoms with E-state index in [-0.39, 0.29) is 17.3 Å². The smallest absolute Gasteiger partial charge is 0.264 e. The molecule has 2 heterocycles. The van der Waals surface area contributed by atoms with Crippen molar-refractivity contribution < 1.29 is 17.9 Å². The van der Waals surface area contributed by atoms with Crippen LogP contribution in [0.5, 0.6) is 5.75 Å². The van der Waals surface area contributed by atoms with Gasteiger partial charge in [0, 0.05) is 18.1 Å². The number of ether oxygens (including phenoxy) is 1. The number of benzene rings is 3. The molecule has 0 aromatic heterocycles. The Bertz CT molecular complexity index is 1390. The minimum Gasteiger partial charge on any atom is -0.476 e. The number of carbonyl (C=O) groups is 1. The number of hydrogen-bond acceptors (Lipinski definition) is 5. The zero-order chi connectivity index (χ0) is 26.0. The summed E-state index contributed by atoms with van der Waals surface area (Å²) in [5.74, 6) is -0.0819. The van der Waals surface area contributed by atoms with Gasteiger partial charge in [0.05, 0.1) is 17.1 Å². The van der Waals surface area contributed by atoms with Crippen molar-refractivity contribution in [3.63, 3.8) is 0 Å². The van der Waals surface area contributed by atoms with Gasteiger partial charge in [-0.2, -0.15) is 0 Å². The zero-order valence-corrected chi connectivity index (χ0v) is 22.3. The van der Waals surface area contributed by atoms with Gasteiger partial charge in [0.1, 0.15) is 5.75 Å². The van der Waals surface area contributed by atoms with E-state index in [1.165, 1.54) is 22.7 Å². The molecule has 1 unspecified atom stereocenters. The van der Waals surface area contributed by atoms with Crippen LogP contribution in [0.15, 0.2) is 71.6 Å². The maximum absolute atomic E-state index is 13.6. The number of sulfonamides is 1. The Morgan fingerprint density at radius 3 is 2.46 bits per heavy atom. The van der Waals surface area contributed by atoms with Crippen LogP contribution in [0.1, 0.15) is 29.5 Å². The second kappa shape index (κ2) is 10.7. The third-order valence-corrected chi connectivity index (χ3v) is 8.89. The number of aryl methyl sites for hydroxylation is 1. The summed E-state index contributed by atoms with van der Waals surface area (Å²) in [6.45, 7) is 5.09. The van der Waals surface area contributed by atoms with Crippen molar-refractivity contribution in [1.82, 2.24) is 10.2 Å². The van der Waals surface area contributed by atoms with Crippen LogP contribution in [0.3, 0.4) is 0 Å². The van der Waals surface area contributed by atoms with Crippen LogP contribution in [0.4, 0.5) is 5.69 Å². The Kier molecular flexibility index (Phi) is 7.42. The van der Waals surface area contributed by atoms with Crippen LogP contribution in [0.2, 0.25) is 5.02 Å². The van der Waals surface area contributed by atoms with Crippen LogP contribution >= 0.6 is 11.6 Å². The Balaban J connectivity index is 1.36. The van der Waals surface area contributed by atoms with E-state index in [4.69, 9.17) is 16.3 Å². The van der Waals surface area contributed by atoms with Crippen molar-refractivity contribution in [2.45, 2.75) is 43.9 Å². The van der Waals surface area contributed by atoms with E-state index in [2.05, 4.69) is 16.3 Å². The molecule has 7 nitrogen and oxygen atoms in total. The standard InChI is InChI=1S/C28H30ClN3O4S/c1-20-8-11-24(12-9-20)37(34,35)32-19-27(36-26-13-10-23(29)16-25(26)32)28(33)30-17-21-6-2-3-7-22(21)18-31-14-4-5-15-31/h2-3,6-13,16,27H,4-5,14-15,17-19H2,1H3,(H,30,33). The minimum atomic E-state index is -3.95. The van der Waals surface area contributed by atoms with E-state index in [0.717, 1.165) is 30.8 Å². The van der Waals surface area contributed by atoms with Gasteiger partial charge in [-0.1, -0.05) is 53.6 Å². The van der Waals surface area contributed by atoms with Crippen molar-refractivity contribution in [3.8, 4) is 5.75 Å². The molecular formula is C28H30ClN3O4S. The lowest BCUT2D eigenvalue weighted by Crippen LogP contribution is -2.50. The van der Waals surface area contributed by atoms with Crippen molar-refractivity contribution in [1.29, 1.82) is 0 Å². The maximum Gasteiger partial charge on any atom is 0.264 e. The highest BCUT2D eigenvalue weighted by molar-refractivity contribution is 7.92. The lowest BCUT2D eigenvalue weighted by atomic mass is 10.1. The Hall–Kier alpha value is -3.07. The molecule has 3 aromatic rings. The summed E-state index contributed by atoms with van der Waals surface area (Å²) in [6, 6.07) is 19.5. The SMILES string of the molecule is Cc1ccc(S(=O)(=O)N2CC(C(=O)NCc3ccccc3CN3CCCC3)Oc3ccc(Cl)cc32)cc1. The molecule has 194 valence electrons. The first-order chi connectivity index (χ1) is 17.8. The number of carbonyl (C=O) groups excluding carboxylic acids is 1. The number of rotatable bonds is 7. The molecule has 0 radical (unpaired) electrons. The fraction of sp³-hybridized carbons (Fsp3) is 0.321. The summed E-state index contributed by atoms with van der Waals surface area (Å²) in [7, 11) is -3.95. The van der Waals surface area contributed by atoms with Crippen molar-refractivity contribution in [3.05, 3.63) is 88.4 Å². The Morgan fingerprint density at radius 1 is 1.03 bits per heavy atom. The molecule has 1 N–H and O–H groups in total. The molecule has 5 rings (SSSR count). The number of likely N-dealkylation sites (tertiary alicyclic amines) is 1. The fourth-order valence-electron chi connectivity index (χ4n) is 4.79. The molecule has 0 spiro atoms. The highest BCUT2D eigenvalue weighted by atomic mass is 35.5. The van der Waals surface area contributed by atoms with E-state index < -0.39 is 16.1 Å². The number of halogens is 1. The molecular weight excluding hydrogens is 510 g/mol. The second-order valence-corrected chi connectivity index (χ2v) is 11.8. The molecule has 9 heteroatoms. The molecule has 1 atom stereocenters. The number of amides is 1. The van der Waals surface area contributed by atoms with Gasteiger partial charge in [0.2, 0.25) is 0 Å². The molecule has 1 saturated heterocycles. The van der Waals surface area contributed by atoms with E-state index in [9.17, 15) is 13.2 Å². The summed E-state index contributed by atoms with van der Waals surface area (Å²) in [6.07, 6.45) is 1.42. The van der Waals surface area contributed by atoms with Crippen LogP contribution in [0, 0.1) is 6.92 Å². The maximum atomic E-state index is 13.6. The van der Waals surface area contributed by atoms with Gasteiger partial charge >= 0.3 is 0 Å². The Labute approximate surface area is 223 Å². The highest BCUT2D eigenvalue weighted by Crippen LogP contribution is 2.39. The van der Waals surface area contributed by atoms with E-state index in [1.54, 1.807) is 42.5 Å². The summed E-state index contributed by atoms with van der Waals surface area (Å²) < 4.78 is 34.4. The fourth-order valence-corrected chi connectivity index (χ4v) is 6.42. The van der Waals surface area contributed by atoms with E-state index in [0.29, 0.717) is 23.0 Å². The van der Waals surface area contributed by atoms with Gasteiger partial charge < -0.3 is 10.1 Å². The van der Waals surface area contributed by atoms with Gasteiger partial charge in [-0.05, 0) is 74.3 Å². The summed E-state index contributed by atoms with van der Waals surface area (Å²) in [5.41, 5.74) is 3.48. The normalized spacial score (nSPS) is 17.8. The summed E-state index contributed by atoms with van der Waals surface area (Å²) in [5, 5.41) is 3.34. The monoisotopic (exact) mass is 539 g/mol. The van der Waals surface area contributed by atoms with E-state index >= 15 is 0 Å². The average Bonchev–Trinajstić information content (AvgIpc) is 3.40. The van der Waals surface area contributed by atoms with Crippen LogP contribution in [-0.2, 0) is 27.9 Å². The van der Waals surface area contributed by atoms with Gasteiger partial charge in [0.25, 0.3) is 15.9 Å².